The van der Waals surface area contributed by atoms with Gasteiger partial charge in [-0.3, -0.25) is 0 Å². The first-order valence-electron chi connectivity index (χ1n) is 5.86. The topological polar surface area (TPSA) is 24.9 Å². The van der Waals surface area contributed by atoms with Crippen molar-refractivity contribution in [2.75, 3.05) is 5.32 Å². The molecule has 0 aliphatic rings. The van der Waals surface area contributed by atoms with E-state index < -0.39 is 0 Å². The number of nitrogens with zero attached hydrogens (tertiary/aromatic N) is 1. The number of aryl methyl sites for hydroxylation is 1. The fraction of sp³-hybridized carbons (Fsp3) is 0.462. The van der Waals surface area contributed by atoms with Gasteiger partial charge in [-0.2, -0.15) is 0 Å². The summed E-state index contributed by atoms with van der Waals surface area (Å²) in [6, 6.07) is 6.98. The second-order valence-corrected chi connectivity index (χ2v) is 5.18. The lowest BCUT2D eigenvalue weighted by molar-refractivity contribution is 0.671. The summed E-state index contributed by atoms with van der Waals surface area (Å²) in [6.07, 6.45) is 2.29. The quantitative estimate of drug-likeness (QED) is 0.857. The molecule has 0 fully saturated rings. The van der Waals surface area contributed by atoms with Crippen molar-refractivity contribution in [3.05, 3.63) is 23.8 Å². The molecular formula is C13H18N2S. The first kappa shape index (κ1) is 11.4. The van der Waals surface area contributed by atoms with E-state index >= 15 is 0 Å². The molecule has 0 saturated carbocycles. The van der Waals surface area contributed by atoms with Crippen LogP contribution in [0.1, 0.15) is 32.3 Å². The zero-order chi connectivity index (χ0) is 11.5. The van der Waals surface area contributed by atoms with E-state index in [4.69, 9.17) is 0 Å². The van der Waals surface area contributed by atoms with Gasteiger partial charge in [0.1, 0.15) is 0 Å². The molecule has 86 valence electrons. The lowest BCUT2D eigenvalue weighted by Gasteiger charge is -2.12. The van der Waals surface area contributed by atoms with Crippen LogP contribution in [0.3, 0.4) is 0 Å². The highest BCUT2D eigenvalue weighted by molar-refractivity contribution is 7.22. The van der Waals surface area contributed by atoms with E-state index in [2.05, 4.69) is 49.3 Å². The van der Waals surface area contributed by atoms with Crippen LogP contribution in [0.4, 0.5) is 5.13 Å². The summed E-state index contributed by atoms with van der Waals surface area (Å²) in [5.74, 6) is 0. The van der Waals surface area contributed by atoms with Gasteiger partial charge in [-0.05, 0) is 37.5 Å². The maximum absolute atomic E-state index is 4.62. The Kier molecular flexibility index (Phi) is 3.44. The molecule has 0 aliphatic heterocycles. The van der Waals surface area contributed by atoms with Crippen molar-refractivity contribution >= 4 is 26.7 Å². The molecule has 1 heterocycles. The van der Waals surface area contributed by atoms with Gasteiger partial charge in [-0.15, -0.1) is 0 Å². The largest absolute Gasteiger partial charge is 0.359 e. The predicted molar refractivity (Wildman–Crippen MR) is 72.3 cm³/mol. The highest BCUT2D eigenvalue weighted by atomic mass is 32.1. The molecule has 0 saturated heterocycles. The van der Waals surface area contributed by atoms with Crippen LogP contribution in [-0.2, 0) is 0 Å². The van der Waals surface area contributed by atoms with Gasteiger partial charge in [0.05, 0.1) is 10.2 Å². The third-order valence-corrected chi connectivity index (χ3v) is 3.82. The van der Waals surface area contributed by atoms with Crippen LogP contribution in [0.5, 0.6) is 0 Å². The Morgan fingerprint density at radius 1 is 1.31 bits per heavy atom. The molecule has 0 amide bonds. The molecule has 0 spiro atoms. The van der Waals surface area contributed by atoms with Crippen LogP contribution in [-0.4, -0.2) is 11.0 Å². The fourth-order valence-corrected chi connectivity index (χ4v) is 2.69. The Labute approximate surface area is 101 Å². The van der Waals surface area contributed by atoms with Gasteiger partial charge in [-0.25, -0.2) is 4.98 Å². The zero-order valence-electron chi connectivity index (χ0n) is 10.1. The summed E-state index contributed by atoms with van der Waals surface area (Å²) in [5, 5.41) is 4.54. The minimum atomic E-state index is 0.543. The molecule has 2 aromatic rings. The summed E-state index contributed by atoms with van der Waals surface area (Å²) in [6.45, 7) is 6.52. The van der Waals surface area contributed by atoms with Crippen LogP contribution in [0, 0.1) is 6.92 Å². The van der Waals surface area contributed by atoms with Crippen molar-refractivity contribution in [1.29, 1.82) is 0 Å². The fourth-order valence-electron chi connectivity index (χ4n) is 1.77. The molecule has 0 atom stereocenters. The summed E-state index contributed by atoms with van der Waals surface area (Å²) in [4.78, 5) is 4.62. The molecule has 2 rings (SSSR count). The molecule has 0 aliphatic carbocycles. The first-order chi connectivity index (χ1) is 7.72. The van der Waals surface area contributed by atoms with Gasteiger partial charge in [-0.1, -0.05) is 31.3 Å². The number of hydrogen-bond donors (Lipinski definition) is 1. The van der Waals surface area contributed by atoms with E-state index in [-0.39, 0.29) is 0 Å². The molecule has 0 bridgehead atoms. The van der Waals surface area contributed by atoms with E-state index in [9.17, 15) is 0 Å². The van der Waals surface area contributed by atoms with E-state index in [1.165, 1.54) is 10.3 Å². The van der Waals surface area contributed by atoms with Crippen LogP contribution in [0.15, 0.2) is 18.2 Å². The predicted octanol–water partition coefficient (Wildman–Crippen LogP) is 4.21. The smallest absolute Gasteiger partial charge is 0.184 e. The Morgan fingerprint density at radius 2 is 2.06 bits per heavy atom. The van der Waals surface area contributed by atoms with Gasteiger partial charge in [0.25, 0.3) is 0 Å². The Hall–Kier alpha value is -1.09. The molecule has 1 aromatic carbocycles. The first-order valence-corrected chi connectivity index (χ1v) is 6.68. The number of aromatic nitrogens is 1. The van der Waals surface area contributed by atoms with Crippen molar-refractivity contribution in [2.24, 2.45) is 0 Å². The lowest BCUT2D eigenvalue weighted by Crippen LogP contribution is -2.16. The average molecular weight is 234 g/mol. The van der Waals surface area contributed by atoms with Crippen molar-refractivity contribution in [1.82, 2.24) is 4.98 Å². The third-order valence-electron chi connectivity index (χ3n) is 2.86. The van der Waals surface area contributed by atoms with Crippen molar-refractivity contribution in [3.63, 3.8) is 0 Å². The Balaban J connectivity index is 2.25. The maximum Gasteiger partial charge on any atom is 0.184 e. The zero-order valence-corrected chi connectivity index (χ0v) is 10.9. The highest BCUT2D eigenvalue weighted by Crippen LogP contribution is 2.27. The molecule has 3 heteroatoms. The minimum absolute atomic E-state index is 0.543. The second kappa shape index (κ2) is 4.83. The number of thiazole rings is 1. The van der Waals surface area contributed by atoms with Crippen molar-refractivity contribution in [3.8, 4) is 0 Å². The van der Waals surface area contributed by atoms with Crippen molar-refractivity contribution < 1.29 is 0 Å². The van der Waals surface area contributed by atoms with Gasteiger partial charge < -0.3 is 5.32 Å². The van der Waals surface area contributed by atoms with Gasteiger partial charge in [0, 0.05) is 6.04 Å². The van der Waals surface area contributed by atoms with Crippen molar-refractivity contribution in [2.45, 2.75) is 39.7 Å². The summed E-state index contributed by atoms with van der Waals surface area (Å²) < 4.78 is 1.26. The second-order valence-electron chi connectivity index (χ2n) is 4.15. The van der Waals surface area contributed by atoms with Crippen LogP contribution >= 0.6 is 11.3 Å². The third kappa shape index (κ3) is 2.35. The number of anilines is 1. The molecule has 0 unspecified atom stereocenters. The van der Waals surface area contributed by atoms with E-state index in [1.807, 2.05) is 0 Å². The van der Waals surface area contributed by atoms with Gasteiger partial charge in [0.2, 0.25) is 0 Å². The monoisotopic (exact) mass is 234 g/mol. The summed E-state index contributed by atoms with van der Waals surface area (Å²) >= 11 is 1.74. The summed E-state index contributed by atoms with van der Waals surface area (Å²) in [5.41, 5.74) is 2.38. The molecule has 16 heavy (non-hydrogen) atoms. The molecule has 1 N–H and O–H groups in total. The maximum atomic E-state index is 4.62. The van der Waals surface area contributed by atoms with Crippen LogP contribution in [0.2, 0.25) is 0 Å². The summed E-state index contributed by atoms with van der Waals surface area (Å²) in [7, 11) is 0. The number of nitrogens with one attached hydrogen (secondary N) is 1. The molecule has 2 nitrogen and oxygen atoms in total. The Bertz CT molecular complexity index is 472. The minimum Gasteiger partial charge on any atom is -0.359 e. The lowest BCUT2D eigenvalue weighted by atomic mass is 10.2. The van der Waals surface area contributed by atoms with E-state index in [1.54, 1.807) is 11.3 Å². The average Bonchev–Trinajstić information content (AvgIpc) is 2.67. The number of rotatable bonds is 4. The highest BCUT2D eigenvalue weighted by Gasteiger charge is 2.07. The van der Waals surface area contributed by atoms with Crippen LogP contribution in [0.25, 0.3) is 10.2 Å². The normalized spacial score (nSPS) is 11.2. The van der Waals surface area contributed by atoms with E-state index in [0.29, 0.717) is 6.04 Å². The Morgan fingerprint density at radius 3 is 2.75 bits per heavy atom. The standard InChI is InChI=1S/C13H18N2S/c1-4-10(5-2)14-13-15-11-8-9(3)6-7-12(11)16-13/h6-8,10H,4-5H2,1-3H3,(H,14,15). The van der Waals surface area contributed by atoms with E-state index in [0.717, 1.165) is 23.5 Å². The van der Waals surface area contributed by atoms with Gasteiger partial charge >= 0.3 is 0 Å². The molecule has 0 radical (unpaired) electrons. The van der Waals surface area contributed by atoms with Gasteiger partial charge in [0.15, 0.2) is 5.13 Å². The number of fused-ring (bicyclic) bond motifs is 1. The SMILES string of the molecule is CCC(CC)Nc1nc2cc(C)ccc2s1. The molecule has 1 aromatic heterocycles. The number of hydrogen-bond acceptors (Lipinski definition) is 3. The molecular weight excluding hydrogens is 216 g/mol. The number of benzene rings is 1. The van der Waals surface area contributed by atoms with Crippen LogP contribution < -0.4 is 5.32 Å².